The van der Waals surface area contributed by atoms with Crippen molar-refractivity contribution in [3.8, 4) is 0 Å². The number of benzene rings is 2. The summed E-state index contributed by atoms with van der Waals surface area (Å²) in [6.07, 6.45) is 1.70. The van der Waals surface area contributed by atoms with Crippen LogP contribution in [0.1, 0.15) is 6.92 Å². The third-order valence-electron chi connectivity index (χ3n) is 3.99. The maximum Gasteiger partial charge on any atom is 0.256 e. The Kier molecular flexibility index (Phi) is 2.24. The van der Waals surface area contributed by atoms with Gasteiger partial charge in [0.05, 0.1) is 5.39 Å². The third kappa shape index (κ3) is 1.32. The Balaban J connectivity index is 2.43. The molecule has 0 amide bonds. The smallest absolute Gasteiger partial charge is 0.256 e. The minimum Gasteiger partial charge on any atom is -0.341 e. The van der Waals surface area contributed by atoms with Gasteiger partial charge in [0.25, 0.3) is 5.56 Å². The molecule has 0 aliphatic carbocycles. The summed E-state index contributed by atoms with van der Waals surface area (Å²) in [5, 5.41) is 3.97. The highest BCUT2D eigenvalue weighted by molar-refractivity contribution is 6.20. The van der Waals surface area contributed by atoms with Crippen LogP contribution >= 0.6 is 0 Å². The number of nitrogens with zero attached hydrogens (tertiary/aromatic N) is 1. The van der Waals surface area contributed by atoms with Crippen molar-refractivity contribution in [1.29, 1.82) is 0 Å². The Hall–Kier alpha value is -2.55. The Labute approximate surface area is 115 Å². The van der Waals surface area contributed by atoms with Gasteiger partial charge in [-0.1, -0.05) is 24.3 Å². The van der Waals surface area contributed by atoms with Crippen LogP contribution in [0, 0.1) is 0 Å². The van der Waals surface area contributed by atoms with E-state index in [1.54, 1.807) is 6.20 Å². The Bertz CT molecular complexity index is 1010. The lowest BCUT2D eigenvalue weighted by Gasteiger charge is -2.03. The number of hydrogen-bond acceptors (Lipinski definition) is 1. The third-order valence-corrected chi connectivity index (χ3v) is 3.99. The van der Waals surface area contributed by atoms with Crippen molar-refractivity contribution >= 4 is 32.6 Å². The molecule has 0 radical (unpaired) electrons. The van der Waals surface area contributed by atoms with Crippen molar-refractivity contribution in [2.75, 3.05) is 0 Å². The number of hydrogen-bond donors (Lipinski definition) is 1. The van der Waals surface area contributed by atoms with Crippen molar-refractivity contribution in [1.82, 2.24) is 9.55 Å². The largest absolute Gasteiger partial charge is 0.341 e. The summed E-state index contributed by atoms with van der Waals surface area (Å²) in [5.41, 5.74) is 2.28. The van der Waals surface area contributed by atoms with E-state index < -0.39 is 0 Å². The maximum absolute atomic E-state index is 12.3. The second-order valence-electron chi connectivity index (χ2n) is 4.99. The van der Waals surface area contributed by atoms with E-state index in [0.29, 0.717) is 0 Å². The number of H-pyrrole nitrogens is 1. The van der Waals surface area contributed by atoms with Gasteiger partial charge in [-0.2, -0.15) is 0 Å². The van der Waals surface area contributed by atoms with Gasteiger partial charge in [0.2, 0.25) is 0 Å². The van der Waals surface area contributed by atoms with Crippen LogP contribution < -0.4 is 5.56 Å². The zero-order chi connectivity index (χ0) is 13.7. The normalized spacial score (nSPS) is 11.7. The Morgan fingerprint density at radius 3 is 2.70 bits per heavy atom. The summed E-state index contributed by atoms with van der Waals surface area (Å²) < 4.78 is 2.26. The molecular weight excluding hydrogens is 248 g/mol. The molecule has 1 N–H and O–H groups in total. The van der Waals surface area contributed by atoms with Gasteiger partial charge in [0.15, 0.2) is 0 Å². The first-order chi connectivity index (χ1) is 9.81. The summed E-state index contributed by atoms with van der Waals surface area (Å²) >= 11 is 0. The number of nitrogens with one attached hydrogen (secondary N) is 1. The van der Waals surface area contributed by atoms with E-state index in [1.165, 1.54) is 5.52 Å². The Morgan fingerprint density at radius 1 is 1.00 bits per heavy atom. The predicted octanol–water partition coefficient (Wildman–Crippen LogP) is 3.66. The lowest BCUT2D eigenvalue weighted by Crippen LogP contribution is -2.04. The molecule has 2 aromatic carbocycles. The average molecular weight is 262 g/mol. The molecule has 0 spiro atoms. The molecule has 3 nitrogen and oxygen atoms in total. The lowest BCUT2D eigenvalue weighted by molar-refractivity contribution is 0.827. The molecule has 4 aromatic rings. The quantitative estimate of drug-likeness (QED) is 0.558. The molecule has 3 heteroatoms. The first-order valence-corrected chi connectivity index (χ1v) is 6.82. The minimum atomic E-state index is -0.0212. The summed E-state index contributed by atoms with van der Waals surface area (Å²) in [7, 11) is 0. The molecule has 0 bridgehead atoms. The van der Waals surface area contributed by atoms with Crippen molar-refractivity contribution in [3.05, 3.63) is 59.0 Å². The molecule has 20 heavy (non-hydrogen) atoms. The highest BCUT2D eigenvalue weighted by Gasteiger charge is 2.13. The monoisotopic (exact) mass is 262 g/mol. The van der Waals surface area contributed by atoms with Crippen molar-refractivity contribution < 1.29 is 0 Å². The van der Waals surface area contributed by atoms with E-state index in [2.05, 4.69) is 34.7 Å². The van der Waals surface area contributed by atoms with Gasteiger partial charge in [-0.05, 0) is 30.5 Å². The molecule has 2 heterocycles. The SMILES string of the molecule is CCn1c2ccccc2c2c3c(=O)[nH]ccc3ccc21. The average Bonchev–Trinajstić information content (AvgIpc) is 2.81. The molecule has 4 rings (SSSR count). The fourth-order valence-electron chi connectivity index (χ4n) is 3.16. The van der Waals surface area contributed by atoms with Crippen molar-refractivity contribution in [2.24, 2.45) is 0 Å². The van der Waals surface area contributed by atoms with E-state index in [-0.39, 0.29) is 5.56 Å². The number of aryl methyl sites for hydroxylation is 1. The second-order valence-corrected chi connectivity index (χ2v) is 4.99. The van der Waals surface area contributed by atoms with Crippen LogP contribution in [0.5, 0.6) is 0 Å². The number of para-hydroxylation sites is 1. The van der Waals surface area contributed by atoms with Gasteiger partial charge in [-0.25, -0.2) is 0 Å². The van der Waals surface area contributed by atoms with E-state index in [9.17, 15) is 4.79 Å². The van der Waals surface area contributed by atoms with Crippen LogP contribution in [0.3, 0.4) is 0 Å². The summed E-state index contributed by atoms with van der Waals surface area (Å²) in [5.74, 6) is 0. The molecule has 0 atom stereocenters. The highest BCUT2D eigenvalue weighted by Crippen LogP contribution is 2.32. The summed E-state index contributed by atoms with van der Waals surface area (Å²) in [4.78, 5) is 15.1. The van der Waals surface area contributed by atoms with E-state index >= 15 is 0 Å². The fraction of sp³-hybridized carbons (Fsp3) is 0.118. The first-order valence-electron chi connectivity index (χ1n) is 6.82. The summed E-state index contributed by atoms with van der Waals surface area (Å²) in [6.45, 7) is 3.02. The van der Waals surface area contributed by atoms with Crippen LogP contribution in [0.15, 0.2) is 53.5 Å². The molecule has 0 unspecified atom stereocenters. The molecule has 0 aliphatic heterocycles. The standard InChI is InChI=1S/C17H14N2O/c1-2-19-13-6-4-3-5-12(13)16-14(19)8-7-11-9-10-18-17(20)15(11)16/h3-10H,2H2,1H3,(H,18,20). The van der Waals surface area contributed by atoms with Crippen LogP contribution in [-0.4, -0.2) is 9.55 Å². The molecule has 98 valence electrons. The molecular formula is C17H14N2O. The number of aromatic nitrogens is 2. The molecule has 0 saturated carbocycles. The first kappa shape index (κ1) is 11.3. The van der Waals surface area contributed by atoms with Crippen LogP contribution in [-0.2, 0) is 6.54 Å². The van der Waals surface area contributed by atoms with Crippen LogP contribution in [0.4, 0.5) is 0 Å². The van der Waals surface area contributed by atoms with Gasteiger partial charge >= 0.3 is 0 Å². The number of fused-ring (bicyclic) bond motifs is 5. The number of aromatic amines is 1. The lowest BCUT2D eigenvalue weighted by atomic mass is 10.1. The zero-order valence-corrected chi connectivity index (χ0v) is 11.2. The van der Waals surface area contributed by atoms with Gasteiger partial charge in [0, 0.05) is 34.5 Å². The zero-order valence-electron chi connectivity index (χ0n) is 11.2. The molecule has 2 aromatic heterocycles. The van der Waals surface area contributed by atoms with E-state index in [1.807, 2.05) is 24.3 Å². The van der Waals surface area contributed by atoms with Gasteiger partial charge in [-0.3, -0.25) is 4.79 Å². The highest BCUT2D eigenvalue weighted by atomic mass is 16.1. The number of pyridine rings is 1. The second kappa shape index (κ2) is 3.97. The van der Waals surface area contributed by atoms with Gasteiger partial charge < -0.3 is 9.55 Å². The number of rotatable bonds is 1. The topological polar surface area (TPSA) is 37.8 Å². The van der Waals surface area contributed by atoms with Crippen molar-refractivity contribution in [3.63, 3.8) is 0 Å². The maximum atomic E-state index is 12.3. The van der Waals surface area contributed by atoms with Crippen LogP contribution in [0.2, 0.25) is 0 Å². The molecule has 0 fully saturated rings. The van der Waals surface area contributed by atoms with Gasteiger partial charge in [-0.15, -0.1) is 0 Å². The van der Waals surface area contributed by atoms with Gasteiger partial charge in [0.1, 0.15) is 0 Å². The van der Waals surface area contributed by atoms with E-state index in [4.69, 9.17) is 0 Å². The predicted molar refractivity (Wildman–Crippen MR) is 83.2 cm³/mol. The molecule has 0 aliphatic rings. The molecule has 0 saturated heterocycles. The van der Waals surface area contributed by atoms with Crippen molar-refractivity contribution in [2.45, 2.75) is 13.5 Å². The Morgan fingerprint density at radius 2 is 1.85 bits per heavy atom. The van der Waals surface area contributed by atoms with E-state index in [0.717, 1.165) is 33.6 Å². The summed E-state index contributed by atoms with van der Waals surface area (Å²) in [6, 6.07) is 14.4. The van der Waals surface area contributed by atoms with Crippen LogP contribution in [0.25, 0.3) is 32.6 Å². The fourth-order valence-corrected chi connectivity index (χ4v) is 3.16. The minimum absolute atomic E-state index is 0.0212.